The summed E-state index contributed by atoms with van der Waals surface area (Å²) in [4.78, 5) is 2.43. The maximum atomic E-state index is 2.43. The van der Waals surface area contributed by atoms with Crippen LogP contribution in [0.2, 0.25) is 0 Å². The summed E-state index contributed by atoms with van der Waals surface area (Å²) < 4.78 is 0. The third kappa shape index (κ3) is 3.67. The largest absolute Gasteiger partial charge is 0.310 e. The van der Waals surface area contributed by atoms with Crippen molar-refractivity contribution in [2.75, 3.05) is 4.90 Å². The van der Waals surface area contributed by atoms with Crippen LogP contribution >= 0.6 is 0 Å². The van der Waals surface area contributed by atoms with Gasteiger partial charge in [-0.3, -0.25) is 0 Å². The SMILES string of the molecule is c1ccc(-c2ccc(N(c3ccccc3)c3ccc4c(c3)-c3ccccc3C43c4ccccc4-c4ccccc43)c3ccccc23)cc1. The summed E-state index contributed by atoms with van der Waals surface area (Å²) >= 11 is 0. The summed E-state index contributed by atoms with van der Waals surface area (Å²) in [7, 11) is 0. The van der Waals surface area contributed by atoms with Crippen LogP contribution in [0.4, 0.5) is 17.1 Å². The Morgan fingerprint density at radius 3 is 1.46 bits per heavy atom. The number of nitrogens with zero attached hydrogens (tertiary/aromatic N) is 1. The predicted molar refractivity (Wildman–Crippen MR) is 200 cm³/mol. The van der Waals surface area contributed by atoms with Crippen molar-refractivity contribution in [2.45, 2.75) is 5.41 Å². The molecule has 0 heterocycles. The normalized spacial score (nSPS) is 13.2. The van der Waals surface area contributed by atoms with Crippen LogP contribution < -0.4 is 4.90 Å². The third-order valence-electron chi connectivity index (χ3n) is 10.5. The molecule has 0 fully saturated rings. The third-order valence-corrected chi connectivity index (χ3v) is 10.5. The molecule has 224 valence electrons. The highest BCUT2D eigenvalue weighted by atomic mass is 15.1. The van der Waals surface area contributed by atoms with E-state index in [9.17, 15) is 0 Å². The number of fused-ring (bicyclic) bond motifs is 11. The molecule has 0 N–H and O–H groups in total. The molecule has 1 nitrogen and oxygen atoms in total. The van der Waals surface area contributed by atoms with E-state index in [1.54, 1.807) is 0 Å². The Morgan fingerprint density at radius 1 is 0.312 bits per heavy atom. The van der Waals surface area contributed by atoms with Gasteiger partial charge < -0.3 is 4.90 Å². The summed E-state index contributed by atoms with van der Waals surface area (Å²) in [6.45, 7) is 0. The van der Waals surface area contributed by atoms with E-state index in [0.29, 0.717) is 0 Å². The summed E-state index contributed by atoms with van der Waals surface area (Å²) in [6.07, 6.45) is 0. The lowest BCUT2D eigenvalue weighted by atomic mass is 9.70. The molecule has 0 bridgehead atoms. The smallest absolute Gasteiger partial charge is 0.0725 e. The average Bonchev–Trinajstić information content (AvgIpc) is 3.63. The summed E-state index contributed by atoms with van der Waals surface area (Å²) in [5.74, 6) is 0. The van der Waals surface area contributed by atoms with Gasteiger partial charge in [-0.1, -0.05) is 158 Å². The van der Waals surface area contributed by atoms with Crippen molar-refractivity contribution in [3.63, 3.8) is 0 Å². The van der Waals surface area contributed by atoms with E-state index in [1.165, 1.54) is 66.4 Å². The fraction of sp³-hybridized carbons (Fsp3) is 0.0213. The molecule has 0 aromatic heterocycles. The van der Waals surface area contributed by atoms with Gasteiger partial charge in [0.1, 0.15) is 0 Å². The second kappa shape index (κ2) is 10.4. The highest BCUT2D eigenvalue weighted by Crippen LogP contribution is 2.63. The van der Waals surface area contributed by atoms with E-state index in [2.05, 4.69) is 193 Å². The number of para-hydroxylation sites is 1. The lowest BCUT2D eigenvalue weighted by Crippen LogP contribution is -2.25. The van der Waals surface area contributed by atoms with Gasteiger partial charge in [0, 0.05) is 16.8 Å². The molecule has 0 radical (unpaired) electrons. The first-order chi connectivity index (χ1) is 23.8. The average molecular weight is 610 g/mol. The van der Waals surface area contributed by atoms with Crippen LogP contribution in [0.5, 0.6) is 0 Å². The zero-order chi connectivity index (χ0) is 31.7. The van der Waals surface area contributed by atoms with Crippen LogP contribution in [0.25, 0.3) is 44.2 Å². The molecular formula is C47H31N. The van der Waals surface area contributed by atoms with Gasteiger partial charge in [-0.25, -0.2) is 0 Å². The Labute approximate surface area is 281 Å². The van der Waals surface area contributed by atoms with Crippen molar-refractivity contribution in [2.24, 2.45) is 0 Å². The zero-order valence-electron chi connectivity index (χ0n) is 26.3. The molecule has 0 amide bonds. The Hall–Kier alpha value is -6.18. The van der Waals surface area contributed by atoms with E-state index >= 15 is 0 Å². The second-order valence-electron chi connectivity index (χ2n) is 12.8. The molecule has 2 aliphatic carbocycles. The van der Waals surface area contributed by atoms with Gasteiger partial charge in [-0.05, 0) is 91.4 Å². The first kappa shape index (κ1) is 27.0. The van der Waals surface area contributed by atoms with Crippen LogP contribution in [-0.2, 0) is 5.41 Å². The van der Waals surface area contributed by atoms with Crippen LogP contribution in [0.1, 0.15) is 22.3 Å². The molecule has 48 heavy (non-hydrogen) atoms. The van der Waals surface area contributed by atoms with Crippen molar-refractivity contribution in [3.8, 4) is 33.4 Å². The van der Waals surface area contributed by atoms with E-state index in [-0.39, 0.29) is 5.41 Å². The standard InChI is InChI=1S/C47H31N/c1-3-15-32(16-4-1)35-28-30-46(40-23-8-7-19-36(35)40)48(33-17-5-2-6-18-33)34-27-29-45-41(31-34)39-22-11-14-26-44(39)47(45)42-24-12-9-20-37(42)38-21-10-13-25-43(38)47/h1-31H. The van der Waals surface area contributed by atoms with Gasteiger partial charge in [-0.2, -0.15) is 0 Å². The van der Waals surface area contributed by atoms with E-state index in [0.717, 1.165) is 17.1 Å². The van der Waals surface area contributed by atoms with Crippen molar-refractivity contribution < 1.29 is 0 Å². The quantitative estimate of drug-likeness (QED) is 0.192. The lowest BCUT2D eigenvalue weighted by molar-refractivity contribution is 0.794. The first-order valence-corrected chi connectivity index (χ1v) is 16.7. The van der Waals surface area contributed by atoms with Gasteiger partial charge in [-0.15, -0.1) is 0 Å². The molecule has 0 unspecified atom stereocenters. The molecule has 2 aliphatic rings. The minimum absolute atomic E-state index is 0.348. The predicted octanol–water partition coefficient (Wildman–Crippen LogP) is 12.3. The summed E-state index contributed by atoms with van der Waals surface area (Å²) in [6, 6.07) is 69.1. The van der Waals surface area contributed by atoms with Gasteiger partial charge >= 0.3 is 0 Å². The molecule has 8 aromatic rings. The molecule has 10 rings (SSSR count). The van der Waals surface area contributed by atoms with E-state index in [1.807, 2.05) is 0 Å². The molecule has 1 spiro atoms. The number of rotatable bonds is 4. The minimum Gasteiger partial charge on any atom is -0.310 e. The van der Waals surface area contributed by atoms with Gasteiger partial charge in [0.05, 0.1) is 11.1 Å². The number of hydrogen-bond donors (Lipinski definition) is 0. The summed E-state index contributed by atoms with van der Waals surface area (Å²) in [5, 5.41) is 2.46. The van der Waals surface area contributed by atoms with Crippen LogP contribution in [0.15, 0.2) is 188 Å². The highest BCUT2D eigenvalue weighted by Gasteiger charge is 2.51. The monoisotopic (exact) mass is 609 g/mol. The fourth-order valence-electron chi connectivity index (χ4n) is 8.58. The Kier molecular flexibility index (Phi) is 5.86. The molecule has 0 saturated carbocycles. The lowest BCUT2D eigenvalue weighted by Gasteiger charge is -2.31. The Balaban J connectivity index is 1.23. The Morgan fingerprint density at radius 2 is 0.812 bits per heavy atom. The number of anilines is 3. The maximum absolute atomic E-state index is 2.43. The van der Waals surface area contributed by atoms with Crippen molar-refractivity contribution in [3.05, 3.63) is 210 Å². The first-order valence-electron chi connectivity index (χ1n) is 16.7. The van der Waals surface area contributed by atoms with Crippen molar-refractivity contribution in [1.29, 1.82) is 0 Å². The van der Waals surface area contributed by atoms with Crippen LogP contribution in [0.3, 0.4) is 0 Å². The van der Waals surface area contributed by atoms with Gasteiger partial charge in [0.25, 0.3) is 0 Å². The molecule has 1 heteroatoms. The van der Waals surface area contributed by atoms with Gasteiger partial charge in [0.2, 0.25) is 0 Å². The number of hydrogen-bond acceptors (Lipinski definition) is 1. The maximum Gasteiger partial charge on any atom is 0.0725 e. The Bertz CT molecular complexity index is 2470. The van der Waals surface area contributed by atoms with Crippen molar-refractivity contribution >= 4 is 27.8 Å². The second-order valence-corrected chi connectivity index (χ2v) is 12.8. The summed E-state index contributed by atoms with van der Waals surface area (Å²) in [5.41, 5.74) is 16.3. The molecule has 0 atom stereocenters. The van der Waals surface area contributed by atoms with Crippen LogP contribution in [0, 0.1) is 0 Å². The molecule has 0 aliphatic heterocycles. The highest BCUT2D eigenvalue weighted by molar-refractivity contribution is 6.06. The van der Waals surface area contributed by atoms with E-state index in [4.69, 9.17) is 0 Å². The van der Waals surface area contributed by atoms with E-state index < -0.39 is 0 Å². The number of benzene rings is 8. The zero-order valence-corrected chi connectivity index (χ0v) is 26.3. The fourth-order valence-corrected chi connectivity index (χ4v) is 8.58. The molecule has 0 saturated heterocycles. The molecular weight excluding hydrogens is 579 g/mol. The van der Waals surface area contributed by atoms with Gasteiger partial charge in [0.15, 0.2) is 0 Å². The van der Waals surface area contributed by atoms with Crippen LogP contribution in [-0.4, -0.2) is 0 Å². The minimum atomic E-state index is -0.348. The van der Waals surface area contributed by atoms with Crippen molar-refractivity contribution in [1.82, 2.24) is 0 Å². The topological polar surface area (TPSA) is 3.24 Å². The molecule has 8 aromatic carbocycles.